The van der Waals surface area contributed by atoms with Crippen molar-refractivity contribution < 1.29 is 4.42 Å². The minimum Gasteiger partial charge on any atom is -0.457 e. The third kappa shape index (κ3) is 2.86. The molecule has 27 heavy (non-hydrogen) atoms. The maximum Gasteiger partial charge on any atom is 0.275 e. The van der Waals surface area contributed by atoms with Gasteiger partial charge in [-0.05, 0) is 42.5 Å². The zero-order valence-electron chi connectivity index (χ0n) is 13.6. The van der Waals surface area contributed by atoms with Gasteiger partial charge in [0.1, 0.15) is 16.1 Å². The molecule has 0 radical (unpaired) electrons. The fourth-order valence-corrected chi connectivity index (χ4v) is 4.77. The van der Waals surface area contributed by atoms with Gasteiger partial charge in [0, 0.05) is 20.6 Å². The van der Waals surface area contributed by atoms with E-state index < -0.39 is 0 Å². The van der Waals surface area contributed by atoms with Crippen molar-refractivity contribution in [1.29, 1.82) is 0 Å². The molecule has 0 aliphatic carbocycles. The van der Waals surface area contributed by atoms with E-state index in [1.54, 1.807) is 10.5 Å². The van der Waals surface area contributed by atoms with Gasteiger partial charge in [-0.1, -0.05) is 55.3 Å². The Morgan fingerprint density at radius 3 is 2.81 bits per heavy atom. The number of fused-ring (bicyclic) bond motifs is 3. The quantitative estimate of drug-likeness (QED) is 0.332. The molecule has 4 nitrogen and oxygen atoms in total. The molecule has 5 aromatic rings. The van der Waals surface area contributed by atoms with Crippen LogP contribution in [0.3, 0.4) is 0 Å². The van der Waals surface area contributed by atoms with E-state index in [9.17, 15) is 4.79 Å². The van der Waals surface area contributed by atoms with Crippen LogP contribution in [0.25, 0.3) is 33.4 Å². The van der Waals surface area contributed by atoms with Gasteiger partial charge in [0.15, 0.2) is 4.96 Å². The zero-order chi connectivity index (χ0) is 18.5. The van der Waals surface area contributed by atoms with Crippen LogP contribution in [-0.4, -0.2) is 9.38 Å². The Morgan fingerprint density at radius 1 is 1.07 bits per heavy atom. The molecule has 2 aromatic carbocycles. The number of para-hydroxylation sites is 2. The molecule has 0 bridgehead atoms. The van der Waals surface area contributed by atoms with E-state index in [1.807, 2.05) is 54.6 Å². The van der Waals surface area contributed by atoms with Crippen LogP contribution in [0.15, 0.2) is 72.8 Å². The van der Waals surface area contributed by atoms with Crippen molar-refractivity contribution in [2.24, 2.45) is 0 Å². The van der Waals surface area contributed by atoms with Gasteiger partial charge in [0.2, 0.25) is 0 Å². The molecular formula is C20H10Br2N2O2S. The molecule has 0 fully saturated rings. The average Bonchev–Trinajstić information content (AvgIpc) is 3.33. The first-order valence-corrected chi connectivity index (χ1v) is 10.5. The highest BCUT2D eigenvalue weighted by Gasteiger charge is 2.12. The predicted molar refractivity (Wildman–Crippen MR) is 115 cm³/mol. The molecule has 0 N–H and O–H groups in total. The number of rotatable bonds is 2. The number of aromatic nitrogens is 2. The van der Waals surface area contributed by atoms with Crippen LogP contribution >= 0.6 is 43.2 Å². The van der Waals surface area contributed by atoms with Crippen molar-refractivity contribution in [3.05, 3.63) is 84.2 Å². The van der Waals surface area contributed by atoms with Crippen LogP contribution in [0.2, 0.25) is 0 Å². The van der Waals surface area contributed by atoms with E-state index in [0.29, 0.717) is 15.3 Å². The minimum absolute atomic E-state index is 0.0784. The highest BCUT2D eigenvalue weighted by molar-refractivity contribution is 9.11. The highest BCUT2D eigenvalue weighted by atomic mass is 79.9. The number of furan rings is 1. The lowest BCUT2D eigenvalue weighted by Crippen LogP contribution is -2.22. The van der Waals surface area contributed by atoms with Crippen molar-refractivity contribution in [1.82, 2.24) is 9.38 Å². The second-order valence-corrected chi connectivity index (χ2v) is 8.74. The van der Waals surface area contributed by atoms with E-state index in [-0.39, 0.29) is 5.56 Å². The molecule has 0 atom stereocenters. The van der Waals surface area contributed by atoms with Crippen LogP contribution in [-0.2, 0) is 0 Å². The lowest BCUT2D eigenvalue weighted by molar-refractivity contribution is 0.571. The maximum absolute atomic E-state index is 12.8. The minimum atomic E-state index is -0.0784. The smallest absolute Gasteiger partial charge is 0.275 e. The number of hydrogen-bond donors (Lipinski definition) is 0. The van der Waals surface area contributed by atoms with Gasteiger partial charge >= 0.3 is 0 Å². The lowest BCUT2D eigenvalue weighted by Gasteiger charge is -2.01. The second kappa shape index (κ2) is 6.44. The standard InChI is InChI=1S/C20H10Br2N2O2S/c21-11-5-7-14(22)13(9-11)17-8-6-12(26-17)10-18-19(25)24-16-4-2-1-3-15(16)23-20(24)27-18/h1-10H. The van der Waals surface area contributed by atoms with E-state index in [4.69, 9.17) is 4.42 Å². The first kappa shape index (κ1) is 16.9. The summed E-state index contributed by atoms with van der Waals surface area (Å²) in [5.74, 6) is 1.36. The Balaban J connectivity index is 1.63. The largest absolute Gasteiger partial charge is 0.457 e. The molecule has 3 heterocycles. The predicted octanol–water partition coefficient (Wildman–Crippen LogP) is 5.24. The van der Waals surface area contributed by atoms with Crippen molar-refractivity contribution in [2.45, 2.75) is 0 Å². The van der Waals surface area contributed by atoms with Gasteiger partial charge in [-0.3, -0.25) is 4.79 Å². The second-order valence-electron chi connectivity index (χ2n) is 5.96. The summed E-state index contributed by atoms with van der Waals surface area (Å²) in [5, 5.41) is 0. The Labute approximate surface area is 174 Å². The number of nitrogens with zero attached hydrogens (tertiary/aromatic N) is 2. The summed E-state index contributed by atoms with van der Waals surface area (Å²) in [7, 11) is 0. The van der Waals surface area contributed by atoms with E-state index in [0.717, 1.165) is 31.3 Å². The number of benzene rings is 2. The van der Waals surface area contributed by atoms with Crippen molar-refractivity contribution >= 4 is 65.3 Å². The lowest BCUT2D eigenvalue weighted by atomic mass is 10.2. The van der Waals surface area contributed by atoms with Crippen LogP contribution in [0.1, 0.15) is 5.76 Å². The third-order valence-electron chi connectivity index (χ3n) is 4.24. The Hall–Kier alpha value is -2.22. The van der Waals surface area contributed by atoms with Crippen LogP contribution in [0, 0.1) is 0 Å². The molecule has 5 rings (SSSR count). The van der Waals surface area contributed by atoms with Gasteiger partial charge in [-0.25, -0.2) is 9.38 Å². The van der Waals surface area contributed by atoms with Gasteiger partial charge in [-0.15, -0.1) is 0 Å². The SMILES string of the molecule is O=c1c(=Cc2ccc(-c3cc(Br)ccc3Br)o2)sc2nc3ccccc3n12. The van der Waals surface area contributed by atoms with E-state index >= 15 is 0 Å². The Morgan fingerprint density at radius 2 is 1.93 bits per heavy atom. The van der Waals surface area contributed by atoms with Crippen molar-refractivity contribution in [3.8, 4) is 11.3 Å². The van der Waals surface area contributed by atoms with Gasteiger partial charge in [0.05, 0.1) is 11.0 Å². The number of thiazole rings is 1. The molecule has 0 saturated carbocycles. The molecule has 0 aliphatic rings. The van der Waals surface area contributed by atoms with Gasteiger partial charge < -0.3 is 4.42 Å². The molecule has 3 aromatic heterocycles. The molecule has 0 saturated heterocycles. The Kier molecular flexibility index (Phi) is 4.03. The molecule has 7 heteroatoms. The van der Waals surface area contributed by atoms with E-state index in [1.165, 1.54) is 11.3 Å². The molecule has 0 amide bonds. The number of imidazole rings is 1. The topological polar surface area (TPSA) is 47.5 Å². The van der Waals surface area contributed by atoms with Gasteiger partial charge in [0.25, 0.3) is 5.56 Å². The van der Waals surface area contributed by atoms with Crippen molar-refractivity contribution in [3.63, 3.8) is 0 Å². The molecule has 0 spiro atoms. The fraction of sp³-hybridized carbons (Fsp3) is 0. The monoisotopic (exact) mass is 500 g/mol. The first-order valence-electron chi connectivity index (χ1n) is 8.07. The van der Waals surface area contributed by atoms with E-state index in [2.05, 4.69) is 36.8 Å². The summed E-state index contributed by atoms with van der Waals surface area (Å²) < 4.78 is 10.1. The first-order chi connectivity index (χ1) is 13.1. The Bertz CT molecular complexity index is 1430. The summed E-state index contributed by atoms with van der Waals surface area (Å²) in [4.78, 5) is 18.1. The molecule has 0 unspecified atom stereocenters. The summed E-state index contributed by atoms with van der Waals surface area (Å²) in [6.45, 7) is 0. The molecule has 0 aliphatic heterocycles. The normalized spacial score (nSPS) is 12.4. The summed E-state index contributed by atoms with van der Waals surface area (Å²) >= 11 is 8.39. The zero-order valence-corrected chi connectivity index (χ0v) is 17.6. The van der Waals surface area contributed by atoms with Crippen LogP contribution in [0.4, 0.5) is 0 Å². The fourth-order valence-electron chi connectivity index (χ4n) is 3.00. The number of halogens is 2. The average molecular weight is 502 g/mol. The van der Waals surface area contributed by atoms with Crippen LogP contribution < -0.4 is 10.1 Å². The number of hydrogen-bond acceptors (Lipinski definition) is 4. The third-order valence-corrected chi connectivity index (χ3v) is 6.39. The summed E-state index contributed by atoms with van der Waals surface area (Å²) in [6, 6.07) is 17.3. The van der Waals surface area contributed by atoms with Crippen LogP contribution in [0.5, 0.6) is 0 Å². The van der Waals surface area contributed by atoms with Crippen molar-refractivity contribution in [2.75, 3.05) is 0 Å². The maximum atomic E-state index is 12.8. The molecular weight excluding hydrogens is 492 g/mol. The van der Waals surface area contributed by atoms with Gasteiger partial charge in [-0.2, -0.15) is 0 Å². The summed E-state index contributed by atoms with van der Waals surface area (Å²) in [6.07, 6.45) is 1.77. The highest BCUT2D eigenvalue weighted by Crippen LogP contribution is 2.32. The molecule has 132 valence electrons. The summed E-state index contributed by atoms with van der Waals surface area (Å²) in [5.41, 5.74) is 2.52.